The molecule has 3 rings (SSSR count). The monoisotopic (exact) mass is 301 g/mol. The van der Waals surface area contributed by atoms with E-state index in [0.29, 0.717) is 6.54 Å². The second-order valence-electron chi connectivity index (χ2n) is 4.12. The van der Waals surface area contributed by atoms with Crippen molar-refractivity contribution in [1.82, 2.24) is 10.2 Å². The third-order valence-electron chi connectivity index (χ3n) is 3.00. The van der Waals surface area contributed by atoms with Gasteiger partial charge in [0, 0.05) is 22.3 Å². The third kappa shape index (κ3) is 1.83. The maximum atomic E-state index is 5.60. The van der Waals surface area contributed by atoms with Gasteiger partial charge < -0.3 is 5.73 Å². The summed E-state index contributed by atoms with van der Waals surface area (Å²) in [7, 11) is 0. The normalized spacial score (nSPS) is 11.0. The molecule has 1 aromatic heterocycles. The lowest BCUT2D eigenvalue weighted by atomic mass is 10.0. The Hall–Kier alpha value is -1.65. The molecule has 4 heteroatoms. The van der Waals surface area contributed by atoms with Crippen molar-refractivity contribution in [1.29, 1.82) is 0 Å². The van der Waals surface area contributed by atoms with Crippen molar-refractivity contribution in [2.45, 2.75) is 6.54 Å². The Morgan fingerprint density at radius 3 is 2.61 bits per heavy atom. The van der Waals surface area contributed by atoms with Crippen molar-refractivity contribution >= 4 is 26.7 Å². The summed E-state index contributed by atoms with van der Waals surface area (Å²) in [5, 5.41) is 9.63. The zero-order valence-electron chi connectivity index (χ0n) is 9.65. The predicted octanol–water partition coefficient (Wildman–Crippen LogP) is 3.45. The fraction of sp³-hybridized carbons (Fsp3) is 0.0714. The van der Waals surface area contributed by atoms with Gasteiger partial charge in [0.1, 0.15) is 0 Å². The van der Waals surface area contributed by atoms with E-state index in [1.807, 2.05) is 18.2 Å². The Balaban J connectivity index is 2.26. The molecule has 0 aliphatic heterocycles. The number of hydrogen-bond acceptors (Lipinski definition) is 2. The predicted molar refractivity (Wildman–Crippen MR) is 77.1 cm³/mol. The van der Waals surface area contributed by atoms with Gasteiger partial charge in [-0.05, 0) is 22.9 Å². The van der Waals surface area contributed by atoms with Gasteiger partial charge in [0.2, 0.25) is 0 Å². The van der Waals surface area contributed by atoms with E-state index >= 15 is 0 Å². The molecule has 0 bridgehead atoms. The van der Waals surface area contributed by atoms with Crippen LogP contribution in [-0.2, 0) is 6.54 Å². The molecule has 0 fully saturated rings. The standard InChI is InChI=1S/C14H12BrN3/c15-13-6-5-12(10-3-1-2-4-11(10)13)14-7-9(8-16)17-18-14/h1-7H,8,16H2,(H,17,18). The SMILES string of the molecule is NCc1cc(-c2ccc(Br)c3ccccc23)n[nH]1. The number of H-pyrrole nitrogens is 1. The molecule has 2 aromatic carbocycles. The van der Waals surface area contributed by atoms with Crippen molar-refractivity contribution in [3.05, 3.63) is 52.6 Å². The van der Waals surface area contributed by atoms with Gasteiger partial charge >= 0.3 is 0 Å². The van der Waals surface area contributed by atoms with E-state index in [-0.39, 0.29) is 0 Å². The summed E-state index contributed by atoms with van der Waals surface area (Å²) >= 11 is 3.57. The van der Waals surface area contributed by atoms with Crippen LogP contribution in [0.3, 0.4) is 0 Å². The first-order valence-electron chi connectivity index (χ1n) is 5.71. The quantitative estimate of drug-likeness (QED) is 0.762. The van der Waals surface area contributed by atoms with Crippen LogP contribution in [0.1, 0.15) is 5.69 Å². The van der Waals surface area contributed by atoms with Crippen LogP contribution < -0.4 is 5.73 Å². The van der Waals surface area contributed by atoms with Crippen LogP contribution in [0.2, 0.25) is 0 Å². The molecule has 0 spiro atoms. The van der Waals surface area contributed by atoms with Gasteiger partial charge in [-0.1, -0.05) is 46.3 Å². The van der Waals surface area contributed by atoms with Crippen molar-refractivity contribution < 1.29 is 0 Å². The number of fused-ring (bicyclic) bond motifs is 1. The highest BCUT2D eigenvalue weighted by atomic mass is 79.9. The van der Waals surface area contributed by atoms with Crippen molar-refractivity contribution in [3.8, 4) is 11.3 Å². The van der Waals surface area contributed by atoms with Gasteiger partial charge in [-0.15, -0.1) is 0 Å². The second kappa shape index (κ2) is 4.55. The minimum absolute atomic E-state index is 0.474. The number of halogens is 1. The number of nitrogens with one attached hydrogen (secondary N) is 1. The summed E-state index contributed by atoms with van der Waals surface area (Å²) in [4.78, 5) is 0. The summed E-state index contributed by atoms with van der Waals surface area (Å²) < 4.78 is 1.09. The number of aromatic amines is 1. The third-order valence-corrected chi connectivity index (χ3v) is 3.69. The Kier molecular flexibility index (Phi) is 2.89. The van der Waals surface area contributed by atoms with E-state index in [0.717, 1.165) is 21.4 Å². The average Bonchev–Trinajstić information content (AvgIpc) is 2.88. The molecule has 0 saturated heterocycles. The highest BCUT2D eigenvalue weighted by Crippen LogP contribution is 2.32. The van der Waals surface area contributed by atoms with E-state index in [1.165, 1.54) is 10.8 Å². The molecule has 0 unspecified atom stereocenters. The van der Waals surface area contributed by atoms with Crippen LogP contribution in [0.5, 0.6) is 0 Å². The second-order valence-corrected chi connectivity index (χ2v) is 4.98. The molecule has 3 N–H and O–H groups in total. The van der Waals surface area contributed by atoms with E-state index in [4.69, 9.17) is 5.73 Å². The summed E-state index contributed by atoms with van der Waals surface area (Å²) in [6.07, 6.45) is 0. The number of rotatable bonds is 2. The molecule has 0 aliphatic rings. The summed E-state index contributed by atoms with van der Waals surface area (Å²) in [6, 6.07) is 14.4. The van der Waals surface area contributed by atoms with Crippen LogP contribution in [0.25, 0.3) is 22.0 Å². The Morgan fingerprint density at radius 1 is 1.11 bits per heavy atom. The van der Waals surface area contributed by atoms with E-state index in [9.17, 15) is 0 Å². The Labute approximate surface area is 113 Å². The molecule has 18 heavy (non-hydrogen) atoms. The highest BCUT2D eigenvalue weighted by Gasteiger charge is 2.08. The molecule has 0 amide bonds. The average molecular weight is 302 g/mol. The van der Waals surface area contributed by atoms with Crippen LogP contribution >= 0.6 is 15.9 Å². The van der Waals surface area contributed by atoms with Gasteiger partial charge in [0.15, 0.2) is 0 Å². The molecule has 90 valence electrons. The molecule has 0 atom stereocenters. The van der Waals surface area contributed by atoms with Gasteiger partial charge in [0.05, 0.1) is 5.69 Å². The zero-order chi connectivity index (χ0) is 12.5. The first-order valence-corrected chi connectivity index (χ1v) is 6.51. The first-order chi connectivity index (χ1) is 8.79. The number of nitrogens with zero attached hydrogens (tertiary/aromatic N) is 1. The minimum Gasteiger partial charge on any atom is -0.325 e. The van der Waals surface area contributed by atoms with Crippen molar-refractivity contribution in [3.63, 3.8) is 0 Å². The van der Waals surface area contributed by atoms with E-state index < -0.39 is 0 Å². The zero-order valence-corrected chi connectivity index (χ0v) is 11.2. The fourth-order valence-corrected chi connectivity index (χ4v) is 2.57. The van der Waals surface area contributed by atoms with E-state index in [1.54, 1.807) is 0 Å². The molecule has 3 nitrogen and oxygen atoms in total. The van der Waals surface area contributed by atoms with Crippen LogP contribution in [-0.4, -0.2) is 10.2 Å². The molecular formula is C14H12BrN3. The summed E-state index contributed by atoms with van der Waals surface area (Å²) in [6.45, 7) is 0.474. The molecular weight excluding hydrogens is 290 g/mol. The van der Waals surface area contributed by atoms with Gasteiger partial charge in [0.25, 0.3) is 0 Å². The first kappa shape index (κ1) is 11.4. The summed E-state index contributed by atoms with van der Waals surface area (Å²) in [5.41, 5.74) is 8.59. The lowest BCUT2D eigenvalue weighted by molar-refractivity contribution is 0.949. The molecule has 1 heterocycles. The largest absolute Gasteiger partial charge is 0.325 e. The molecule has 0 radical (unpaired) electrons. The number of aromatic nitrogens is 2. The molecule has 0 aliphatic carbocycles. The van der Waals surface area contributed by atoms with Crippen LogP contribution in [0.15, 0.2) is 46.9 Å². The smallest absolute Gasteiger partial charge is 0.0930 e. The number of nitrogens with two attached hydrogens (primary N) is 1. The van der Waals surface area contributed by atoms with Crippen LogP contribution in [0.4, 0.5) is 0 Å². The van der Waals surface area contributed by atoms with Crippen molar-refractivity contribution in [2.24, 2.45) is 5.73 Å². The number of benzene rings is 2. The van der Waals surface area contributed by atoms with Crippen molar-refractivity contribution in [2.75, 3.05) is 0 Å². The molecule has 0 saturated carbocycles. The highest BCUT2D eigenvalue weighted by molar-refractivity contribution is 9.10. The summed E-state index contributed by atoms with van der Waals surface area (Å²) in [5.74, 6) is 0. The number of hydrogen-bond donors (Lipinski definition) is 2. The Bertz CT molecular complexity index is 703. The van der Waals surface area contributed by atoms with Gasteiger partial charge in [-0.2, -0.15) is 5.10 Å². The van der Waals surface area contributed by atoms with Gasteiger partial charge in [-0.3, -0.25) is 5.10 Å². The maximum Gasteiger partial charge on any atom is 0.0930 e. The Morgan fingerprint density at radius 2 is 1.89 bits per heavy atom. The lowest BCUT2D eigenvalue weighted by Gasteiger charge is -2.05. The minimum atomic E-state index is 0.474. The van der Waals surface area contributed by atoms with Gasteiger partial charge in [-0.25, -0.2) is 0 Å². The maximum absolute atomic E-state index is 5.60. The molecule has 3 aromatic rings. The lowest BCUT2D eigenvalue weighted by Crippen LogP contribution is -1.95. The van der Waals surface area contributed by atoms with E-state index in [2.05, 4.69) is 50.4 Å². The topological polar surface area (TPSA) is 54.7 Å². The fourth-order valence-electron chi connectivity index (χ4n) is 2.09. The van der Waals surface area contributed by atoms with Crippen LogP contribution in [0, 0.1) is 0 Å².